The second-order valence-electron chi connectivity index (χ2n) is 9.26. The average Bonchev–Trinajstić information content (AvgIpc) is 3.40. The third kappa shape index (κ3) is 6.30. The second-order valence-corrected chi connectivity index (χ2v) is 9.26. The molecule has 1 atom stereocenters. The summed E-state index contributed by atoms with van der Waals surface area (Å²) in [6.45, 7) is 12.3. The monoisotopic (exact) mass is 417 g/mol. The molecule has 2 amide bonds. The van der Waals surface area contributed by atoms with Gasteiger partial charge in [-0.3, -0.25) is 14.3 Å². The van der Waals surface area contributed by atoms with E-state index in [1.807, 2.05) is 42.7 Å². The molecule has 0 N–H and O–H groups in total. The highest BCUT2D eigenvalue weighted by atomic mass is 16.2. The molecule has 0 aromatic carbocycles. The Hall–Kier alpha value is -1.89. The molecule has 0 spiro atoms. The summed E-state index contributed by atoms with van der Waals surface area (Å²) in [5.74, 6) is 0.385. The highest BCUT2D eigenvalue weighted by Gasteiger charge is 2.31. The summed E-state index contributed by atoms with van der Waals surface area (Å²) in [4.78, 5) is 32.3. The Morgan fingerprint density at radius 3 is 2.60 bits per heavy atom. The highest BCUT2D eigenvalue weighted by molar-refractivity contribution is 5.79. The maximum absolute atomic E-state index is 13.0. The van der Waals surface area contributed by atoms with Crippen molar-refractivity contribution in [3.63, 3.8) is 0 Å². The molecule has 0 unspecified atom stereocenters. The smallest absolute Gasteiger partial charge is 0.225 e. The molecule has 2 fully saturated rings. The predicted molar refractivity (Wildman–Crippen MR) is 118 cm³/mol. The molecule has 30 heavy (non-hydrogen) atoms. The number of piperidine rings is 1. The Morgan fingerprint density at radius 1 is 1.17 bits per heavy atom. The summed E-state index contributed by atoms with van der Waals surface area (Å²) in [5, 5.41) is 4.27. The van der Waals surface area contributed by atoms with Crippen LogP contribution in [-0.2, 0) is 16.1 Å². The van der Waals surface area contributed by atoms with E-state index in [1.165, 1.54) is 25.9 Å². The fourth-order valence-electron chi connectivity index (χ4n) is 4.67. The van der Waals surface area contributed by atoms with Crippen LogP contribution in [0.5, 0.6) is 0 Å². The van der Waals surface area contributed by atoms with Gasteiger partial charge < -0.3 is 14.7 Å². The van der Waals surface area contributed by atoms with Gasteiger partial charge in [0.05, 0.1) is 6.20 Å². The number of aromatic nitrogens is 2. The summed E-state index contributed by atoms with van der Waals surface area (Å²) >= 11 is 0. The molecular weight excluding hydrogens is 378 g/mol. The number of rotatable bonds is 9. The molecule has 7 nitrogen and oxygen atoms in total. The van der Waals surface area contributed by atoms with Crippen LogP contribution in [-0.4, -0.2) is 81.6 Å². The second kappa shape index (κ2) is 10.9. The van der Waals surface area contributed by atoms with Gasteiger partial charge in [-0.2, -0.15) is 5.10 Å². The van der Waals surface area contributed by atoms with Crippen LogP contribution in [0.4, 0.5) is 0 Å². The van der Waals surface area contributed by atoms with E-state index in [1.54, 1.807) is 0 Å². The van der Waals surface area contributed by atoms with E-state index < -0.39 is 0 Å². The van der Waals surface area contributed by atoms with Gasteiger partial charge in [0, 0.05) is 50.8 Å². The molecular formula is C23H39N5O2. The van der Waals surface area contributed by atoms with Crippen LogP contribution >= 0.6 is 0 Å². The lowest BCUT2D eigenvalue weighted by Crippen LogP contribution is -2.53. The van der Waals surface area contributed by atoms with Crippen molar-refractivity contribution in [2.45, 2.75) is 71.9 Å². The number of aryl methyl sites for hydroxylation is 2. The number of hydrogen-bond donors (Lipinski definition) is 0. The Balaban J connectivity index is 1.54. The normalized spacial score (nSPS) is 20.1. The van der Waals surface area contributed by atoms with Crippen molar-refractivity contribution in [2.75, 3.05) is 39.3 Å². The standard InChI is InChI=1S/C23H39N5O2/c1-19(2)23(30)28(14-7-12-25-10-4-5-11-25)21-8-6-13-26(18-21)22(29)9-15-27-17-20(3)16-24-27/h16-17,19,21H,4-15,18H2,1-3H3/t21-/m0/s1. The van der Waals surface area contributed by atoms with Crippen molar-refractivity contribution in [1.29, 1.82) is 0 Å². The number of nitrogens with zero attached hydrogens (tertiary/aromatic N) is 5. The van der Waals surface area contributed by atoms with E-state index in [2.05, 4.69) is 14.9 Å². The maximum Gasteiger partial charge on any atom is 0.225 e. The van der Waals surface area contributed by atoms with Crippen molar-refractivity contribution < 1.29 is 9.59 Å². The molecule has 3 heterocycles. The Bertz CT molecular complexity index is 696. The van der Waals surface area contributed by atoms with Gasteiger partial charge in [-0.25, -0.2) is 0 Å². The van der Waals surface area contributed by atoms with E-state index in [0.29, 0.717) is 19.5 Å². The van der Waals surface area contributed by atoms with Crippen LogP contribution in [0, 0.1) is 12.8 Å². The zero-order valence-corrected chi connectivity index (χ0v) is 19.1. The van der Waals surface area contributed by atoms with Gasteiger partial charge in [0.25, 0.3) is 0 Å². The van der Waals surface area contributed by atoms with Crippen molar-refractivity contribution in [3.8, 4) is 0 Å². The van der Waals surface area contributed by atoms with Crippen LogP contribution < -0.4 is 0 Å². The van der Waals surface area contributed by atoms with E-state index in [-0.39, 0.29) is 23.8 Å². The maximum atomic E-state index is 13.0. The van der Waals surface area contributed by atoms with Crippen molar-refractivity contribution >= 4 is 11.8 Å². The van der Waals surface area contributed by atoms with Gasteiger partial charge in [0.1, 0.15) is 0 Å². The molecule has 0 bridgehead atoms. The van der Waals surface area contributed by atoms with E-state index in [4.69, 9.17) is 0 Å². The lowest BCUT2D eigenvalue weighted by Gasteiger charge is -2.40. The Labute approximate surface area is 181 Å². The SMILES string of the molecule is Cc1cnn(CCC(=O)N2CCC[C@H](N(CCCN3CCCC3)C(=O)C(C)C)C2)c1. The van der Waals surface area contributed by atoms with Gasteiger partial charge >= 0.3 is 0 Å². The quantitative estimate of drug-likeness (QED) is 0.620. The average molecular weight is 418 g/mol. The van der Waals surface area contributed by atoms with Crippen LogP contribution in [0.25, 0.3) is 0 Å². The fraction of sp³-hybridized carbons (Fsp3) is 0.783. The summed E-state index contributed by atoms with van der Waals surface area (Å²) in [7, 11) is 0. The first-order chi connectivity index (χ1) is 14.4. The van der Waals surface area contributed by atoms with Crippen molar-refractivity contribution in [3.05, 3.63) is 18.0 Å². The molecule has 168 valence electrons. The lowest BCUT2D eigenvalue weighted by atomic mass is 10.0. The molecule has 7 heteroatoms. The summed E-state index contributed by atoms with van der Waals surface area (Å²) in [6, 6.07) is 0.142. The van der Waals surface area contributed by atoms with Gasteiger partial charge in [-0.1, -0.05) is 13.8 Å². The van der Waals surface area contributed by atoms with E-state index in [9.17, 15) is 9.59 Å². The molecule has 3 rings (SSSR count). The molecule has 1 aromatic heterocycles. The largest absolute Gasteiger partial charge is 0.341 e. The minimum absolute atomic E-state index is 0.00841. The van der Waals surface area contributed by atoms with Crippen LogP contribution in [0.2, 0.25) is 0 Å². The van der Waals surface area contributed by atoms with E-state index >= 15 is 0 Å². The Kier molecular flexibility index (Phi) is 8.31. The molecule has 0 aliphatic carbocycles. The zero-order valence-electron chi connectivity index (χ0n) is 19.1. The summed E-state index contributed by atoms with van der Waals surface area (Å²) in [5.41, 5.74) is 1.11. The highest BCUT2D eigenvalue weighted by Crippen LogP contribution is 2.20. The first kappa shape index (κ1) is 22.8. The van der Waals surface area contributed by atoms with Crippen LogP contribution in [0.3, 0.4) is 0 Å². The van der Waals surface area contributed by atoms with Crippen molar-refractivity contribution in [2.24, 2.45) is 5.92 Å². The number of carbonyl (C=O) groups is 2. The predicted octanol–water partition coefficient (Wildman–Crippen LogP) is 2.54. The van der Waals surface area contributed by atoms with Crippen LogP contribution in [0.15, 0.2) is 12.4 Å². The molecule has 2 saturated heterocycles. The third-order valence-electron chi connectivity index (χ3n) is 6.36. The minimum Gasteiger partial charge on any atom is -0.341 e. The van der Waals surface area contributed by atoms with Gasteiger partial charge in [0.2, 0.25) is 11.8 Å². The van der Waals surface area contributed by atoms with Gasteiger partial charge in [-0.05, 0) is 64.2 Å². The van der Waals surface area contributed by atoms with Gasteiger partial charge in [0.15, 0.2) is 0 Å². The number of amides is 2. The van der Waals surface area contributed by atoms with Crippen molar-refractivity contribution in [1.82, 2.24) is 24.5 Å². The first-order valence-corrected chi connectivity index (χ1v) is 11.7. The molecule has 2 aliphatic heterocycles. The number of carbonyl (C=O) groups excluding carboxylic acids is 2. The number of likely N-dealkylation sites (tertiary alicyclic amines) is 2. The minimum atomic E-state index is -0.00841. The molecule has 2 aliphatic rings. The molecule has 0 saturated carbocycles. The number of hydrogen-bond acceptors (Lipinski definition) is 4. The first-order valence-electron chi connectivity index (χ1n) is 11.7. The summed E-state index contributed by atoms with van der Waals surface area (Å²) in [6.07, 6.45) is 9.81. The summed E-state index contributed by atoms with van der Waals surface area (Å²) < 4.78 is 1.83. The zero-order chi connectivity index (χ0) is 21.5. The lowest BCUT2D eigenvalue weighted by molar-refractivity contribution is -0.142. The fourth-order valence-corrected chi connectivity index (χ4v) is 4.67. The third-order valence-corrected chi connectivity index (χ3v) is 6.36. The van der Waals surface area contributed by atoms with Crippen LogP contribution in [0.1, 0.15) is 57.9 Å². The van der Waals surface area contributed by atoms with Gasteiger partial charge in [-0.15, -0.1) is 0 Å². The Morgan fingerprint density at radius 2 is 1.93 bits per heavy atom. The van der Waals surface area contributed by atoms with E-state index in [0.717, 1.165) is 44.5 Å². The molecule has 1 aromatic rings. The molecule has 0 radical (unpaired) electrons. The topological polar surface area (TPSA) is 61.7 Å².